The minimum Gasteiger partial charge on any atom is -0.399 e. The lowest BCUT2D eigenvalue weighted by molar-refractivity contribution is 0.322. The maximum Gasteiger partial charge on any atom is 0.0931 e. The molecule has 1 aromatic heterocycles. The highest BCUT2D eigenvalue weighted by Crippen LogP contribution is 2.24. The van der Waals surface area contributed by atoms with Gasteiger partial charge in [0, 0.05) is 28.7 Å². The summed E-state index contributed by atoms with van der Waals surface area (Å²) in [6, 6.07) is 9.53. The first-order valence-electron chi connectivity index (χ1n) is 5.51. The fourth-order valence-corrected chi connectivity index (χ4v) is 3.11. The molecule has 0 spiro atoms. The third-order valence-corrected chi connectivity index (χ3v) is 4.15. The second-order valence-electron chi connectivity index (χ2n) is 4.23. The first kappa shape index (κ1) is 13.7. The van der Waals surface area contributed by atoms with Crippen molar-refractivity contribution in [3.8, 4) is 0 Å². The molecule has 0 saturated carbocycles. The fourth-order valence-electron chi connectivity index (χ4n) is 1.77. The van der Waals surface area contributed by atoms with E-state index in [0.717, 1.165) is 33.7 Å². The largest absolute Gasteiger partial charge is 0.399 e. The Balaban J connectivity index is 2.02. The van der Waals surface area contributed by atoms with Gasteiger partial charge >= 0.3 is 0 Å². The number of nitrogens with zero attached hydrogens (tertiary/aromatic N) is 1. The highest BCUT2D eigenvalue weighted by atomic mass is 35.5. The molecule has 1 aromatic carbocycles. The van der Waals surface area contributed by atoms with Gasteiger partial charge in [-0.2, -0.15) is 0 Å². The monoisotopic (exact) mass is 300 g/mol. The summed E-state index contributed by atoms with van der Waals surface area (Å²) < 4.78 is 0.820. The lowest BCUT2D eigenvalue weighted by Crippen LogP contribution is -2.16. The topological polar surface area (TPSA) is 29.3 Å². The molecule has 0 atom stereocenters. The van der Waals surface area contributed by atoms with Crippen molar-refractivity contribution in [1.29, 1.82) is 0 Å². The van der Waals surface area contributed by atoms with E-state index in [-0.39, 0.29) is 0 Å². The minimum absolute atomic E-state index is 0.738. The highest BCUT2D eigenvalue weighted by molar-refractivity contribution is 7.16. The molecule has 18 heavy (non-hydrogen) atoms. The standard InChI is InChI=1S/C13H14Cl2N2S/c1-17(8-11-3-5-13(15)18-11)7-9-6-10(16)2-4-12(9)14/h2-6H,7-8,16H2,1H3. The van der Waals surface area contributed by atoms with Crippen LogP contribution in [0.15, 0.2) is 30.3 Å². The zero-order chi connectivity index (χ0) is 13.1. The molecule has 0 saturated heterocycles. The van der Waals surface area contributed by atoms with E-state index in [1.165, 1.54) is 4.88 Å². The predicted octanol–water partition coefficient (Wildman–Crippen LogP) is 4.27. The molecule has 2 rings (SSSR count). The molecule has 2 N–H and O–H groups in total. The van der Waals surface area contributed by atoms with Crippen LogP contribution >= 0.6 is 34.5 Å². The van der Waals surface area contributed by atoms with Crippen molar-refractivity contribution < 1.29 is 0 Å². The van der Waals surface area contributed by atoms with Crippen molar-refractivity contribution in [2.75, 3.05) is 12.8 Å². The van der Waals surface area contributed by atoms with Gasteiger partial charge in [0.15, 0.2) is 0 Å². The minimum atomic E-state index is 0.738. The Hall–Kier alpha value is -0.740. The van der Waals surface area contributed by atoms with E-state index in [0.29, 0.717) is 0 Å². The van der Waals surface area contributed by atoms with Crippen LogP contribution in [0.1, 0.15) is 10.4 Å². The van der Waals surface area contributed by atoms with Crippen molar-refractivity contribution in [3.05, 3.63) is 50.1 Å². The van der Waals surface area contributed by atoms with Gasteiger partial charge < -0.3 is 5.73 Å². The molecular weight excluding hydrogens is 287 g/mol. The molecule has 0 unspecified atom stereocenters. The molecule has 0 aliphatic heterocycles. The Morgan fingerprint density at radius 2 is 1.94 bits per heavy atom. The Morgan fingerprint density at radius 1 is 1.17 bits per heavy atom. The van der Waals surface area contributed by atoms with Crippen LogP contribution in [0.5, 0.6) is 0 Å². The zero-order valence-corrected chi connectivity index (χ0v) is 12.3. The van der Waals surface area contributed by atoms with Crippen LogP contribution in [-0.4, -0.2) is 11.9 Å². The smallest absolute Gasteiger partial charge is 0.0931 e. The van der Waals surface area contributed by atoms with E-state index >= 15 is 0 Å². The number of benzene rings is 1. The first-order chi connectivity index (χ1) is 8.54. The summed E-state index contributed by atoms with van der Waals surface area (Å²) in [5.74, 6) is 0. The lowest BCUT2D eigenvalue weighted by atomic mass is 10.2. The lowest BCUT2D eigenvalue weighted by Gasteiger charge is -2.16. The van der Waals surface area contributed by atoms with E-state index in [1.807, 2.05) is 37.4 Å². The number of rotatable bonds is 4. The quantitative estimate of drug-likeness (QED) is 0.855. The second kappa shape index (κ2) is 5.93. The molecule has 0 aliphatic carbocycles. The third-order valence-electron chi connectivity index (χ3n) is 2.56. The van der Waals surface area contributed by atoms with Gasteiger partial charge in [-0.25, -0.2) is 0 Å². The van der Waals surface area contributed by atoms with Crippen LogP contribution in [0.2, 0.25) is 9.36 Å². The molecule has 2 aromatic rings. The van der Waals surface area contributed by atoms with Crippen LogP contribution in [0.3, 0.4) is 0 Å². The fraction of sp³-hybridized carbons (Fsp3) is 0.231. The molecule has 96 valence electrons. The summed E-state index contributed by atoms with van der Waals surface area (Å²) in [6.45, 7) is 1.61. The Bertz CT molecular complexity index is 540. The van der Waals surface area contributed by atoms with Gasteiger partial charge in [0.1, 0.15) is 0 Å². The Morgan fingerprint density at radius 3 is 2.61 bits per heavy atom. The summed E-state index contributed by atoms with van der Waals surface area (Å²) in [6.07, 6.45) is 0. The molecule has 0 radical (unpaired) electrons. The zero-order valence-electron chi connectivity index (χ0n) is 9.99. The van der Waals surface area contributed by atoms with E-state index in [9.17, 15) is 0 Å². The van der Waals surface area contributed by atoms with Crippen LogP contribution in [-0.2, 0) is 13.1 Å². The van der Waals surface area contributed by atoms with Crippen LogP contribution in [0.25, 0.3) is 0 Å². The Kier molecular flexibility index (Phi) is 4.51. The van der Waals surface area contributed by atoms with Crippen molar-refractivity contribution in [2.24, 2.45) is 0 Å². The van der Waals surface area contributed by atoms with E-state index in [1.54, 1.807) is 11.3 Å². The molecule has 5 heteroatoms. The molecule has 1 heterocycles. The van der Waals surface area contributed by atoms with Crippen LogP contribution in [0.4, 0.5) is 5.69 Å². The number of thiophene rings is 1. The third kappa shape index (κ3) is 3.62. The highest BCUT2D eigenvalue weighted by Gasteiger charge is 2.07. The van der Waals surface area contributed by atoms with Gasteiger partial charge in [-0.05, 0) is 42.9 Å². The van der Waals surface area contributed by atoms with Crippen molar-refractivity contribution in [2.45, 2.75) is 13.1 Å². The number of anilines is 1. The van der Waals surface area contributed by atoms with Crippen molar-refractivity contribution in [1.82, 2.24) is 4.90 Å². The number of nitrogen functional groups attached to an aromatic ring is 1. The number of halogens is 2. The molecular formula is C13H14Cl2N2S. The van der Waals surface area contributed by atoms with Gasteiger partial charge in [-0.1, -0.05) is 23.2 Å². The maximum absolute atomic E-state index is 6.15. The predicted molar refractivity (Wildman–Crippen MR) is 80.4 cm³/mol. The van der Waals surface area contributed by atoms with Crippen LogP contribution < -0.4 is 5.73 Å². The molecule has 0 aliphatic rings. The molecule has 2 nitrogen and oxygen atoms in total. The maximum atomic E-state index is 6.15. The van der Waals surface area contributed by atoms with Crippen molar-refractivity contribution in [3.63, 3.8) is 0 Å². The second-order valence-corrected chi connectivity index (χ2v) is 6.44. The summed E-state index contributed by atoms with van der Waals surface area (Å²) in [5.41, 5.74) is 7.55. The van der Waals surface area contributed by atoms with Gasteiger partial charge in [-0.3, -0.25) is 4.90 Å². The molecule has 0 fully saturated rings. The number of hydrogen-bond donors (Lipinski definition) is 1. The molecule has 0 amide bonds. The number of hydrogen-bond acceptors (Lipinski definition) is 3. The van der Waals surface area contributed by atoms with Gasteiger partial charge in [-0.15, -0.1) is 11.3 Å². The van der Waals surface area contributed by atoms with Crippen molar-refractivity contribution >= 4 is 40.2 Å². The van der Waals surface area contributed by atoms with E-state index in [2.05, 4.69) is 4.90 Å². The summed E-state index contributed by atoms with van der Waals surface area (Å²) >= 11 is 13.7. The van der Waals surface area contributed by atoms with Gasteiger partial charge in [0.25, 0.3) is 0 Å². The van der Waals surface area contributed by atoms with Gasteiger partial charge in [0.2, 0.25) is 0 Å². The summed E-state index contributed by atoms with van der Waals surface area (Å²) in [7, 11) is 2.05. The number of nitrogens with two attached hydrogens (primary N) is 1. The summed E-state index contributed by atoms with van der Waals surface area (Å²) in [5, 5.41) is 0.750. The normalized spacial score (nSPS) is 11.1. The summed E-state index contributed by atoms with van der Waals surface area (Å²) in [4.78, 5) is 3.42. The van der Waals surface area contributed by atoms with E-state index in [4.69, 9.17) is 28.9 Å². The average molecular weight is 301 g/mol. The SMILES string of the molecule is CN(Cc1ccc(Cl)s1)Cc1cc(N)ccc1Cl. The molecule has 0 bridgehead atoms. The van der Waals surface area contributed by atoms with Crippen LogP contribution in [0, 0.1) is 0 Å². The van der Waals surface area contributed by atoms with Gasteiger partial charge in [0.05, 0.1) is 4.34 Å². The van der Waals surface area contributed by atoms with E-state index < -0.39 is 0 Å². The Labute approximate surface area is 121 Å². The average Bonchev–Trinajstić information content (AvgIpc) is 2.69. The first-order valence-corrected chi connectivity index (χ1v) is 7.08.